The van der Waals surface area contributed by atoms with Gasteiger partial charge < -0.3 is 9.47 Å². The maximum Gasteiger partial charge on any atom is 0.0541 e. The molecule has 2 aromatic heterocycles. The van der Waals surface area contributed by atoms with Gasteiger partial charge in [0.1, 0.15) is 0 Å². The molecule has 0 saturated carbocycles. The first-order valence-electron chi connectivity index (χ1n) is 21.5. The molecule has 0 bridgehead atoms. The van der Waals surface area contributed by atoms with E-state index in [4.69, 9.17) is 0 Å². The second-order valence-electron chi connectivity index (χ2n) is 16.2. The molecule has 296 valence electrons. The third-order valence-corrected chi connectivity index (χ3v) is 13.6. The number of hydrogen-bond donors (Lipinski definition) is 0. The Bertz CT molecular complexity index is 3490. The van der Waals surface area contributed by atoms with E-state index in [1.54, 1.807) is 0 Å². The van der Waals surface area contributed by atoms with Crippen LogP contribution in [0.4, 0.5) is 17.1 Å². The van der Waals surface area contributed by atoms with Crippen LogP contribution < -0.4 is 4.90 Å². The first-order valence-corrected chi connectivity index (χ1v) is 22.3. The fraction of sp³-hybridized carbons (Fsp3) is 0. The van der Waals surface area contributed by atoms with E-state index in [0.717, 1.165) is 17.1 Å². The molecule has 0 N–H and O–H groups in total. The molecule has 2 heterocycles. The summed E-state index contributed by atoms with van der Waals surface area (Å²) >= 11 is 1.87. The minimum atomic E-state index is 1.11. The molecule has 12 rings (SSSR count). The van der Waals surface area contributed by atoms with Crippen molar-refractivity contribution in [1.29, 1.82) is 0 Å². The van der Waals surface area contributed by atoms with E-state index in [2.05, 4.69) is 252 Å². The predicted molar refractivity (Wildman–Crippen MR) is 270 cm³/mol. The second-order valence-corrected chi connectivity index (χ2v) is 17.2. The lowest BCUT2D eigenvalue weighted by Crippen LogP contribution is -2.09. The summed E-state index contributed by atoms with van der Waals surface area (Å²) in [6.07, 6.45) is 0. The van der Waals surface area contributed by atoms with Crippen molar-refractivity contribution in [3.63, 3.8) is 0 Å². The highest BCUT2D eigenvalue weighted by molar-refractivity contribution is 7.25. The molecule has 0 atom stereocenters. The zero-order valence-electron chi connectivity index (χ0n) is 34.4. The van der Waals surface area contributed by atoms with Crippen LogP contribution in [0.3, 0.4) is 0 Å². The number of para-hydroxylation sites is 2. The van der Waals surface area contributed by atoms with Gasteiger partial charge in [0.15, 0.2) is 0 Å². The Morgan fingerprint density at radius 2 is 0.635 bits per heavy atom. The van der Waals surface area contributed by atoms with Gasteiger partial charge in [-0.05, 0) is 136 Å². The average molecular weight is 821 g/mol. The Morgan fingerprint density at radius 1 is 0.270 bits per heavy atom. The molecule has 63 heavy (non-hydrogen) atoms. The van der Waals surface area contributed by atoms with Crippen LogP contribution in [0.25, 0.3) is 92.2 Å². The van der Waals surface area contributed by atoms with Gasteiger partial charge in [0.25, 0.3) is 0 Å². The summed E-state index contributed by atoms with van der Waals surface area (Å²) in [4.78, 5) is 2.35. The number of thiophene rings is 1. The number of benzene rings is 10. The lowest BCUT2D eigenvalue weighted by Gasteiger charge is -2.26. The summed E-state index contributed by atoms with van der Waals surface area (Å²) in [5.74, 6) is 0. The number of aromatic nitrogens is 1. The van der Waals surface area contributed by atoms with E-state index >= 15 is 0 Å². The quantitative estimate of drug-likeness (QED) is 0.148. The van der Waals surface area contributed by atoms with E-state index in [-0.39, 0.29) is 0 Å². The minimum Gasteiger partial charge on any atom is -0.311 e. The Morgan fingerprint density at radius 3 is 1.16 bits per heavy atom. The summed E-state index contributed by atoms with van der Waals surface area (Å²) in [6.45, 7) is 0. The third kappa shape index (κ3) is 6.67. The van der Waals surface area contributed by atoms with Crippen LogP contribution >= 0.6 is 11.3 Å². The first-order chi connectivity index (χ1) is 31.2. The van der Waals surface area contributed by atoms with Crippen molar-refractivity contribution in [1.82, 2.24) is 4.57 Å². The Labute approximate surface area is 370 Å². The third-order valence-electron chi connectivity index (χ3n) is 12.4. The molecule has 0 saturated heterocycles. The molecule has 0 unspecified atom stereocenters. The van der Waals surface area contributed by atoms with Crippen molar-refractivity contribution in [3.05, 3.63) is 243 Å². The van der Waals surface area contributed by atoms with Crippen LogP contribution in [0, 0.1) is 0 Å². The fourth-order valence-electron chi connectivity index (χ4n) is 9.26. The van der Waals surface area contributed by atoms with Crippen LogP contribution in [-0.4, -0.2) is 4.57 Å². The van der Waals surface area contributed by atoms with Gasteiger partial charge in [0, 0.05) is 53.7 Å². The summed E-state index contributed by atoms with van der Waals surface area (Å²) in [5.41, 5.74) is 16.6. The van der Waals surface area contributed by atoms with Crippen molar-refractivity contribution in [2.75, 3.05) is 4.90 Å². The zero-order valence-corrected chi connectivity index (χ0v) is 35.2. The predicted octanol–water partition coefficient (Wildman–Crippen LogP) is 17.3. The van der Waals surface area contributed by atoms with Crippen molar-refractivity contribution < 1.29 is 0 Å². The molecule has 2 nitrogen and oxygen atoms in total. The van der Waals surface area contributed by atoms with Crippen molar-refractivity contribution in [3.8, 4) is 50.2 Å². The zero-order chi connectivity index (χ0) is 41.7. The van der Waals surface area contributed by atoms with Crippen molar-refractivity contribution in [2.24, 2.45) is 0 Å². The Hall–Kier alpha value is -7.98. The van der Waals surface area contributed by atoms with E-state index in [1.165, 1.54) is 92.2 Å². The molecule has 0 radical (unpaired) electrons. The van der Waals surface area contributed by atoms with Crippen LogP contribution in [0.2, 0.25) is 0 Å². The van der Waals surface area contributed by atoms with E-state index in [0.29, 0.717) is 0 Å². The molecule has 3 heteroatoms. The summed E-state index contributed by atoms with van der Waals surface area (Å²) < 4.78 is 4.98. The molecule has 10 aromatic carbocycles. The van der Waals surface area contributed by atoms with Crippen molar-refractivity contribution in [2.45, 2.75) is 0 Å². The van der Waals surface area contributed by atoms with Gasteiger partial charge in [0.2, 0.25) is 0 Å². The van der Waals surface area contributed by atoms with E-state index in [1.807, 2.05) is 11.3 Å². The van der Waals surface area contributed by atoms with Crippen LogP contribution in [0.5, 0.6) is 0 Å². The first kappa shape index (κ1) is 36.8. The molecule has 0 fully saturated rings. The summed E-state index contributed by atoms with van der Waals surface area (Å²) in [7, 11) is 0. The highest BCUT2D eigenvalue weighted by Crippen LogP contribution is 2.42. The summed E-state index contributed by atoms with van der Waals surface area (Å²) in [5, 5.41) is 5.11. The van der Waals surface area contributed by atoms with Crippen LogP contribution in [0.15, 0.2) is 243 Å². The molecular formula is C60H40N2S. The topological polar surface area (TPSA) is 8.17 Å². The van der Waals surface area contributed by atoms with Gasteiger partial charge in [-0.1, -0.05) is 152 Å². The van der Waals surface area contributed by atoms with Gasteiger partial charge in [-0.25, -0.2) is 0 Å². The fourth-order valence-corrected chi connectivity index (χ4v) is 10.3. The standard InChI is InChI=1S/C60H40N2S/c1-4-12-41(13-5-1)43-20-29-50(30-21-43)61(51-31-22-44(23-32-51)42-14-6-2-7-15-42)52-33-24-45(25-34-52)46-27-36-59-55(39-46)56-40-48(28-37-60(56)63-59)47-26-35-58-54(38-47)53-18-10-11-19-57(53)62(58)49-16-8-3-9-17-49/h1-40H. The number of fused-ring (bicyclic) bond motifs is 6. The smallest absolute Gasteiger partial charge is 0.0541 e. The number of anilines is 3. The van der Waals surface area contributed by atoms with Crippen LogP contribution in [0.1, 0.15) is 0 Å². The highest BCUT2D eigenvalue weighted by atomic mass is 32.1. The maximum absolute atomic E-state index is 2.39. The number of nitrogens with zero attached hydrogens (tertiary/aromatic N) is 2. The van der Waals surface area contributed by atoms with Gasteiger partial charge >= 0.3 is 0 Å². The monoisotopic (exact) mass is 820 g/mol. The normalized spacial score (nSPS) is 11.5. The average Bonchev–Trinajstić information content (AvgIpc) is 3.90. The molecule has 0 aliphatic rings. The molecule has 0 amide bonds. The molecular weight excluding hydrogens is 781 g/mol. The Kier molecular flexibility index (Phi) is 9.06. The summed E-state index contributed by atoms with van der Waals surface area (Å²) in [6, 6.07) is 88.3. The van der Waals surface area contributed by atoms with Gasteiger partial charge in [-0.3, -0.25) is 0 Å². The van der Waals surface area contributed by atoms with Gasteiger partial charge in [-0.15, -0.1) is 11.3 Å². The highest BCUT2D eigenvalue weighted by Gasteiger charge is 2.16. The molecule has 12 aromatic rings. The van der Waals surface area contributed by atoms with Crippen LogP contribution in [-0.2, 0) is 0 Å². The Balaban J connectivity index is 0.895. The molecule has 0 aliphatic heterocycles. The second kappa shape index (κ2) is 15.5. The lowest BCUT2D eigenvalue weighted by molar-refractivity contribution is 1.18. The minimum absolute atomic E-state index is 1.11. The molecule has 0 aliphatic carbocycles. The SMILES string of the molecule is c1ccc(-c2ccc(N(c3ccc(-c4ccccc4)cc3)c3ccc(-c4ccc5sc6ccc(-c7ccc8c(c7)c7ccccc7n8-c7ccccc7)cc6c5c4)cc3)cc2)cc1. The van der Waals surface area contributed by atoms with Gasteiger partial charge in [0.05, 0.1) is 11.0 Å². The maximum atomic E-state index is 2.39. The van der Waals surface area contributed by atoms with E-state index in [9.17, 15) is 0 Å². The number of rotatable bonds is 8. The van der Waals surface area contributed by atoms with E-state index < -0.39 is 0 Å². The van der Waals surface area contributed by atoms with Crippen molar-refractivity contribution >= 4 is 70.4 Å². The lowest BCUT2D eigenvalue weighted by atomic mass is 9.99. The van der Waals surface area contributed by atoms with Gasteiger partial charge in [-0.2, -0.15) is 0 Å². The largest absolute Gasteiger partial charge is 0.311 e. The molecule has 0 spiro atoms. The number of hydrogen-bond acceptors (Lipinski definition) is 2.